The predicted octanol–water partition coefficient (Wildman–Crippen LogP) is 3.35. The first-order valence-corrected chi connectivity index (χ1v) is 6.14. The van der Waals surface area contributed by atoms with Crippen LogP contribution in [-0.2, 0) is 6.42 Å². The summed E-state index contributed by atoms with van der Waals surface area (Å²) >= 11 is 6.17. The van der Waals surface area contributed by atoms with Crippen molar-refractivity contribution in [3.8, 4) is 11.3 Å². The molecule has 0 amide bonds. The number of halogens is 1. The molecule has 86 valence electrons. The number of hydrogen-bond acceptors (Lipinski definition) is 2. The molecule has 0 fully saturated rings. The van der Waals surface area contributed by atoms with Crippen molar-refractivity contribution in [2.75, 3.05) is 0 Å². The quantitative estimate of drug-likeness (QED) is 0.836. The van der Waals surface area contributed by atoms with Crippen molar-refractivity contribution in [2.24, 2.45) is 5.73 Å². The summed E-state index contributed by atoms with van der Waals surface area (Å²) in [4.78, 5) is 4.67. The summed E-state index contributed by atoms with van der Waals surface area (Å²) in [5, 5.41) is 0.738. The second-order valence-electron chi connectivity index (χ2n) is 4.36. The Morgan fingerprint density at radius 2 is 2.00 bits per heavy atom. The Bertz CT molecular complexity index is 566. The van der Waals surface area contributed by atoms with E-state index in [1.54, 1.807) is 0 Å². The topological polar surface area (TPSA) is 38.9 Å². The molecule has 0 spiro atoms. The molecule has 1 aromatic carbocycles. The molecular weight excluding hydrogens is 232 g/mol. The molecule has 0 saturated carbocycles. The molecule has 1 aliphatic carbocycles. The van der Waals surface area contributed by atoms with E-state index in [9.17, 15) is 0 Å². The first kappa shape index (κ1) is 10.8. The van der Waals surface area contributed by atoms with Gasteiger partial charge in [-0.3, -0.25) is 4.98 Å². The number of aryl methyl sites for hydroxylation is 1. The molecule has 2 nitrogen and oxygen atoms in total. The highest BCUT2D eigenvalue weighted by Crippen LogP contribution is 2.32. The number of nitrogens with zero attached hydrogens (tertiary/aromatic N) is 1. The van der Waals surface area contributed by atoms with E-state index in [0.29, 0.717) is 0 Å². The number of hydrogen-bond donors (Lipinski definition) is 1. The zero-order valence-corrected chi connectivity index (χ0v) is 10.1. The fourth-order valence-corrected chi connectivity index (χ4v) is 2.55. The minimum absolute atomic E-state index is 0.151. The summed E-state index contributed by atoms with van der Waals surface area (Å²) in [5.74, 6) is 0. The zero-order chi connectivity index (χ0) is 11.8. The van der Waals surface area contributed by atoms with Crippen LogP contribution in [0.25, 0.3) is 11.3 Å². The van der Waals surface area contributed by atoms with Crippen molar-refractivity contribution in [1.82, 2.24) is 4.98 Å². The van der Waals surface area contributed by atoms with Crippen LogP contribution in [0.15, 0.2) is 36.4 Å². The van der Waals surface area contributed by atoms with Crippen LogP contribution in [0.4, 0.5) is 0 Å². The maximum atomic E-state index is 6.17. The first-order valence-electron chi connectivity index (χ1n) is 5.76. The normalized spacial score (nSPS) is 18.1. The lowest BCUT2D eigenvalue weighted by atomic mass is 10.1. The number of fused-ring (bicyclic) bond motifs is 1. The molecule has 3 heteroatoms. The summed E-state index contributed by atoms with van der Waals surface area (Å²) in [7, 11) is 0. The van der Waals surface area contributed by atoms with Crippen molar-refractivity contribution in [2.45, 2.75) is 18.9 Å². The Labute approximate surface area is 105 Å². The Hall–Kier alpha value is -1.38. The molecule has 2 aromatic rings. The van der Waals surface area contributed by atoms with Crippen LogP contribution in [0.1, 0.15) is 23.7 Å². The van der Waals surface area contributed by atoms with E-state index in [1.807, 2.05) is 30.3 Å². The average Bonchev–Trinajstić information content (AvgIpc) is 2.71. The Morgan fingerprint density at radius 1 is 1.18 bits per heavy atom. The molecule has 0 saturated heterocycles. The van der Waals surface area contributed by atoms with Gasteiger partial charge in [0.25, 0.3) is 0 Å². The SMILES string of the molecule is NC1CCc2nc(-c3ccccc3Cl)ccc21. The fraction of sp³-hybridized carbons (Fsp3) is 0.214. The molecular formula is C14H13ClN2. The van der Waals surface area contributed by atoms with Crippen molar-refractivity contribution >= 4 is 11.6 Å². The summed E-state index contributed by atoms with van der Waals surface area (Å²) < 4.78 is 0. The van der Waals surface area contributed by atoms with Crippen LogP contribution in [0.3, 0.4) is 0 Å². The fourth-order valence-electron chi connectivity index (χ4n) is 2.32. The third kappa shape index (κ3) is 1.84. The van der Waals surface area contributed by atoms with E-state index in [0.717, 1.165) is 34.8 Å². The van der Waals surface area contributed by atoms with Crippen molar-refractivity contribution in [3.05, 3.63) is 52.7 Å². The molecule has 1 heterocycles. The van der Waals surface area contributed by atoms with Crippen molar-refractivity contribution in [3.63, 3.8) is 0 Å². The zero-order valence-electron chi connectivity index (χ0n) is 9.36. The van der Waals surface area contributed by atoms with Crippen LogP contribution in [0.2, 0.25) is 5.02 Å². The predicted molar refractivity (Wildman–Crippen MR) is 69.9 cm³/mol. The number of aromatic nitrogens is 1. The first-order chi connectivity index (χ1) is 8.25. The van der Waals surface area contributed by atoms with Gasteiger partial charge in [-0.25, -0.2) is 0 Å². The summed E-state index contributed by atoms with van der Waals surface area (Å²) in [6, 6.07) is 12.0. The van der Waals surface area contributed by atoms with Crippen LogP contribution < -0.4 is 5.73 Å². The number of pyridine rings is 1. The number of nitrogens with two attached hydrogens (primary N) is 1. The molecule has 3 rings (SSSR count). The highest BCUT2D eigenvalue weighted by atomic mass is 35.5. The molecule has 0 radical (unpaired) electrons. The maximum absolute atomic E-state index is 6.17. The van der Waals surface area contributed by atoms with Gasteiger partial charge in [-0.1, -0.05) is 35.9 Å². The van der Waals surface area contributed by atoms with Gasteiger partial charge in [-0.05, 0) is 30.5 Å². The molecule has 0 aliphatic heterocycles. The lowest BCUT2D eigenvalue weighted by molar-refractivity contribution is 0.712. The van der Waals surface area contributed by atoms with E-state index < -0.39 is 0 Å². The van der Waals surface area contributed by atoms with Gasteiger partial charge in [0.05, 0.1) is 5.69 Å². The van der Waals surface area contributed by atoms with Crippen LogP contribution >= 0.6 is 11.6 Å². The van der Waals surface area contributed by atoms with Gasteiger partial charge < -0.3 is 5.73 Å². The lowest BCUT2D eigenvalue weighted by Gasteiger charge is -2.07. The largest absolute Gasteiger partial charge is 0.324 e. The van der Waals surface area contributed by atoms with Gasteiger partial charge in [0.15, 0.2) is 0 Å². The lowest BCUT2D eigenvalue weighted by Crippen LogP contribution is -2.05. The average molecular weight is 245 g/mol. The summed E-state index contributed by atoms with van der Waals surface area (Å²) in [5.41, 5.74) is 10.2. The van der Waals surface area contributed by atoms with E-state index in [2.05, 4.69) is 11.1 Å². The Kier molecular flexibility index (Phi) is 2.61. The second-order valence-corrected chi connectivity index (χ2v) is 4.76. The van der Waals surface area contributed by atoms with Crippen LogP contribution in [0, 0.1) is 0 Å². The van der Waals surface area contributed by atoms with E-state index in [-0.39, 0.29) is 6.04 Å². The minimum atomic E-state index is 0.151. The molecule has 1 unspecified atom stereocenters. The standard InChI is InChI=1S/C14H13ClN2/c15-11-4-2-1-3-9(11)13-7-5-10-12(16)6-8-14(10)17-13/h1-5,7,12H,6,8,16H2. The van der Waals surface area contributed by atoms with Crippen LogP contribution in [0.5, 0.6) is 0 Å². The van der Waals surface area contributed by atoms with Gasteiger partial charge in [-0.2, -0.15) is 0 Å². The third-order valence-electron chi connectivity index (χ3n) is 3.25. The number of rotatable bonds is 1. The van der Waals surface area contributed by atoms with Gasteiger partial charge in [0, 0.05) is 22.3 Å². The van der Waals surface area contributed by atoms with E-state index in [4.69, 9.17) is 17.3 Å². The molecule has 1 atom stereocenters. The van der Waals surface area contributed by atoms with Gasteiger partial charge in [0.2, 0.25) is 0 Å². The van der Waals surface area contributed by atoms with E-state index in [1.165, 1.54) is 5.56 Å². The Balaban J connectivity index is 2.09. The molecule has 1 aliphatic rings. The van der Waals surface area contributed by atoms with Crippen molar-refractivity contribution < 1.29 is 0 Å². The third-order valence-corrected chi connectivity index (χ3v) is 3.58. The highest BCUT2D eigenvalue weighted by molar-refractivity contribution is 6.33. The van der Waals surface area contributed by atoms with Gasteiger partial charge in [0.1, 0.15) is 0 Å². The number of benzene rings is 1. The highest BCUT2D eigenvalue weighted by Gasteiger charge is 2.20. The van der Waals surface area contributed by atoms with Gasteiger partial charge >= 0.3 is 0 Å². The van der Waals surface area contributed by atoms with E-state index >= 15 is 0 Å². The minimum Gasteiger partial charge on any atom is -0.324 e. The summed E-state index contributed by atoms with van der Waals surface area (Å²) in [6.45, 7) is 0. The Morgan fingerprint density at radius 3 is 2.82 bits per heavy atom. The smallest absolute Gasteiger partial charge is 0.0720 e. The molecule has 0 bridgehead atoms. The summed E-state index contributed by atoms with van der Waals surface area (Å²) in [6.07, 6.45) is 1.96. The maximum Gasteiger partial charge on any atom is 0.0720 e. The van der Waals surface area contributed by atoms with Gasteiger partial charge in [-0.15, -0.1) is 0 Å². The second kappa shape index (κ2) is 4.13. The molecule has 2 N–H and O–H groups in total. The molecule has 17 heavy (non-hydrogen) atoms. The van der Waals surface area contributed by atoms with Crippen LogP contribution in [-0.4, -0.2) is 4.98 Å². The molecule has 1 aromatic heterocycles. The monoisotopic (exact) mass is 244 g/mol. The van der Waals surface area contributed by atoms with Crippen molar-refractivity contribution in [1.29, 1.82) is 0 Å².